The van der Waals surface area contributed by atoms with Crippen LogP contribution in [0.25, 0.3) is 0 Å². The zero-order chi connectivity index (χ0) is 9.80. The molecular weight excluding hydrogens is 182 g/mol. The van der Waals surface area contributed by atoms with Gasteiger partial charge in [0.15, 0.2) is 0 Å². The standard InChI is InChI=1S/C9H13N3O2/c1-2-13-8-3-4-11-9(12-8)14-7-5-10-6-7/h3-4,7,10H,2,5-6H2,1H3. The van der Waals surface area contributed by atoms with Gasteiger partial charge in [-0.3, -0.25) is 0 Å². The van der Waals surface area contributed by atoms with Gasteiger partial charge in [0.1, 0.15) is 6.10 Å². The van der Waals surface area contributed by atoms with Crippen LogP contribution in [0.3, 0.4) is 0 Å². The quantitative estimate of drug-likeness (QED) is 0.745. The zero-order valence-corrected chi connectivity index (χ0v) is 8.06. The highest BCUT2D eigenvalue weighted by Gasteiger charge is 2.19. The predicted octanol–water partition coefficient (Wildman–Crippen LogP) is 0.226. The maximum absolute atomic E-state index is 5.47. The van der Waals surface area contributed by atoms with Crippen molar-refractivity contribution < 1.29 is 9.47 Å². The third-order valence-corrected chi connectivity index (χ3v) is 1.92. The molecule has 0 aliphatic carbocycles. The lowest BCUT2D eigenvalue weighted by Gasteiger charge is -2.26. The molecule has 0 atom stereocenters. The molecule has 1 aliphatic rings. The summed E-state index contributed by atoms with van der Waals surface area (Å²) >= 11 is 0. The lowest BCUT2D eigenvalue weighted by molar-refractivity contribution is 0.128. The van der Waals surface area contributed by atoms with E-state index in [9.17, 15) is 0 Å². The molecule has 76 valence electrons. The van der Waals surface area contributed by atoms with E-state index < -0.39 is 0 Å². The van der Waals surface area contributed by atoms with Crippen LogP contribution in [0.1, 0.15) is 6.92 Å². The van der Waals surface area contributed by atoms with Crippen LogP contribution in [-0.4, -0.2) is 35.8 Å². The van der Waals surface area contributed by atoms with Gasteiger partial charge in [-0.1, -0.05) is 0 Å². The minimum absolute atomic E-state index is 0.201. The Morgan fingerprint density at radius 1 is 1.57 bits per heavy atom. The van der Waals surface area contributed by atoms with Crippen molar-refractivity contribution in [1.82, 2.24) is 15.3 Å². The van der Waals surface area contributed by atoms with Gasteiger partial charge in [-0.25, -0.2) is 4.98 Å². The normalized spacial score (nSPS) is 16.1. The average Bonchev–Trinajstić information content (AvgIpc) is 2.13. The van der Waals surface area contributed by atoms with E-state index in [2.05, 4.69) is 15.3 Å². The van der Waals surface area contributed by atoms with E-state index >= 15 is 0 Å². The fourth-order valence-corrected chi connectivity index (χ4v) is 1.10. The van der Waals surface area contributed by atoms with E-state index in [0.717, 1.165) is 13.1 Å². The van der Waals surface area contributed by atoms with Crippen molar-refractivity contribution in [1.29, 1.82) is 0 Å². The summed E-state index contributed by atoms with van der Waals surface area (Å²) < 4.78 is 10.7. The smallest absolute Gasteiger partial charge is 0.320 e. The Morgan fingerprint density at radius 3 is 3.07 bits per heavy atom. The molecule has 0 amide bonds. The number of nitrogens with zero attached hydrogens (tertiary/aromatic N) is 2. The average molecular weight is 195 g/mol. The minimum Gasteiger partial charge on any atom is -0.478 e. The fourth-order valence-electron chi connectivity index (χ4n) is 1.10. The van der Waals surface area contributed by atoms with Gasteiger partial charge in [-0.15, -0.1) is 0 Å². The molecule has 1 aromatic heterocycles. The van der Waals surface area contributed by atoms with Crippen LogP contribution >= 0.6 is 0 Å². The molecule has 1 aromatic rings. The summed E-state index contributed by atoms with van der Waals surface area (Å²) in [4.78, 5) is 8.10. The summed E-state index contributed by atoms with van der Waals surface area (Å²) in [5.74, 6) is 0.560. The number of aromatic nitrogens is 2. The largest absolute Gasteiger partial charge is 0.478 e. The minimum atomic E-state index is 0.201. The summed E-state index contributed by atoms with van der Waals surface area (Å²) in [5.41, 5.74) is 0. The highest BCUT2D eigenvalue weighted by molar-refractivity contribution is 5.11. The maximum atomic E-state index is 5.47. The molecule has 1 aliphatic heterocycles. The Balaban J connectivity index is 1.97. The second-order valence-electron chi connectivity index (χ2n) is 3.01. The topological polar surface area (TPSA) is 56.3 Å². The summed E-state index contributed by atoms with van der Waals surface area (Å²) in [5, 5.41) is 3.11. The first-order valence-electron chi connectivity index (χ1n) is 4.71. The molecule has 2 heterocycles. The molecule has 5 nitrogen and oxygen atoms in total. The van der Waals surface area contributed by atoms with Crippen LogP contribution in [0.15, 0.2) is 12.3 Å². The van der Waals surface area contributed by atoms with Gasteiger partial charge in [0.2, 0.25) is 5.88 Å². The van der Waals surface area contributed by atoms with E-state index in [-0.39, 0.29) is 6.10 Å². The summed E-state index contributed by atoms with van der Waals surface area (Å²) in [6.07, 6.45) is 1.84. The first kappa shape index (κ1) is 9.21. The van der Waals surface area contributed by atoms with Crippen molar-refractivity contribution in [3.05, 3.63) is 12.3 Å². The third kappa shape index (κ3) is 2.11. The Kier molecular flexibility index (Phi) is 2.78. The van der Waals surface area contributed by atoms with Gasteiger partial charge >= 0.3 is 6.01 Å². The molecular formula is C9H13N3O2. The summed E-state index contributed by atoms with van der Waals surface area (Å²) in [6, 6.07) is 2.11. The lowest BCUT2D eigenvalue weighted by atomic mass is 10.2. The van der Waals surface area contributed by atoms with Crippen LogP contribution in [0.2, 0.25) is 0 Å². The van der Waals surface area contributed by atoms with E-state index in [1.165, 1.54) is 0 Å². The Morgan fingerprint density at radius 2 is 2.43 bits per heavy atom. The van der Waals surface area contributed by atoms with E-state index in [1.54, 1.807) is 12.3 Å². The highest BCUT2D eigenvalue weighted by Crippen LogP contribution is 2.12. The number of hydrogen-bond donors (Lipinski definition) is 1. The van der Waals surface area contributed by atoms with E-state index in [0.29, 0.717) is 18.5 Å². The van der Waals surface area contributed by atoms with Crippen molar-refractivity contribution >= 4 is 0 Å². The van der Waals surface area contributed by atoms with Crippen molar-refractivity contribution in [2.75, 3.05) is 19.7 Å². The number of nitrogens with one attached hydrogen (secondary N) is 1. The van der Waals surface area contributed by atoms with Crippen LogP contribution < -0.4 is 14.8 Å². The third-order valence-electron chi connectivity index (χ3n) is 1.92. The SMILES string of the molecule is CCOc1ccnc(OC2CNC2)n1. The maximum Gasteiger partial charge on any atom is 0.320 e. The lowest BCUT2D eigenvalue weighted by Crippen LogP contribution is -2.50. The summed E-state index contributed by atoms with van der Waals surface area (Å²) in [6.45, 7) is 4.24. The van der Waals surface area contributed by atoms with Crippen molar-refractivity contribution in [2.24, 2.45) is 0 Å². The number of rotatable bonds is 4. The van der Waals surface area contributed by atoms with Crippen LogP contribution in [0.5, 0.6) is 11.9 Å². The highest BCUT2D eigenvalue weighted by atomic mass is 16.5. The first-order chi connectivity index (χ1) is 6.88. The zero-order valence-electron chi connectivity index (χ0n) is 8.06. The molecule has 0 saturated carbocycles. The van der Waals surface area contributed by atoms with Gasteiger partial charge in [0.05, 0.1) is 6.61 Å². The van der Waals surface area contributed by atoms with Crippen molar-refractivity contribution in [2.45, 2.75) is 13.0 Å². The van der Waals surface area contributed by atoms with Crippen LogP contribution in [-0.2, 0) is 0 Å². The molecule has 1 fully saturated rings. The predicted molar refractivity (Wildman–Crippen MR) is 50.5 cm³/mol. The Hall–Kier alpha value is -1.36. The Labute approximate surface area is 82.5 Å². The molecule has 14 heavy (non-hydrogen) atoms. The second kappa shape index (κ2) is 4.23. The van der Waals surface area contributed by atoms with E-state index in [1.807, 2.05) is 6.92 Å². The van der Waals surface area contributed by atoms with Gasteiger partial charge in [-0.2, -0.15) is 4.98 Å². The first-order valence-corrected chi connectivity index (χ1v) is 4.71. The number of ether oxygens (including phenoxy) is 2. The molecule has 0 spiro atoms. The molecule has 1 N–H and O–H groups in total. The van der Waals surface area contributed by atoms with Crippen LogP contribution in [0, 0.1) is 0 Å². The van der Waals surface area contributed by atoms with Gasteiger partial charge in [0.25, 0.3) is 0 Å². The van der Waals surface area contributed by atoms with E-state index in [4.69, 9.17) is 9.47 Å². The molecule has 5 heteroatoms. The monoisotopic (exact) mass is 195 g/mol. The van der Waals surface area contributed by atoms with Gasteiger partial charge in [0, 0.05) is 25.4 Å². The molecule has 0 bridgehead atoms. The molecule has 0 radical (unpaired) electrons. The molecule has 1 saturated heterocycles. The van der Waals surface area contributed by atoms with Crippen LogP contribution in [0.4, 0.5) is 0 Å². The molecule has 0 aromatic carbocycles. The molecule has 0 unspecified atom stereocenters. The summed E-state index contributed by atoms with van der Waals surface area (Å²) in [7, 11) is 0. The van der Waals surface area contributed by atoms with Gasteiger partial charge < -0.3 is 14.8 Å². The second-order valence-corrected chi connectivity index (χ2v) is 3.01. The number of hydrogen-bond acceptors (Lipinski definition) is 5. The van der Waals surface area contributed by atoms with Crippen molar-refractivity contribution in [3.63, 3.8) is 0 Å². The Bertz CT molecular complexity index is 302. The molecule has 2 rings (SSSR count). The fraction of sp³-hybridized carbons (Fsp3) is 0.556. The van der Waals surface area contributed by atoms with Gasteiger partial charge in [-0.05, 0) is 6.92 Å². The van der Waals surface area contributed by atoms with Crippen molar-refractivity contribution in [3.8, 4) is 11.9 Å².